The molecule has 0 spiro atoms. The molecule has 0 aliphatic rings. The van der Waals surface area contributed by atoms with Crippen molar-refractivity contribution in [1.82, 2.24) is 9.97 Å². The highest BCUT2D eigenvalue weighted by Gasteiger charge is 2.14. The summed E-state index contributed by atoms with van der Waals surface area (Å²) in [4.78, 5) is 10.5. The van der Waals surface area contributed by atoms with Gasteiger partial charge in [0.05, 0.1) is 22.8 Å². The SMILES string of the molecule is C=C/C=C(\C=C/C)c1cc(-c2ccc(-c3ccccc3)cc2)cc(-c2cccc(-c3cc(-c4ccc(-c5ccccc5)cc4)cc(-c4ccccc4)n3)c2)n1. The van der Waals surface area contributed by atoms with Crippen LogP contribution < -0.4 is 0 Å². The molecule has 0 atom stereocenters. The number of hydrogen-bond donors (Lipinski definition) is 0. The van der Waals surface area contributed by atoms with E-state index in [0.717, 1.165) is 67.3 Å². The molecular formula is C53H40N2. The fourth-order valence-corrected chi connectivity index (χ4v) is 6.94. The van der Waals surface area contributed by atoms with Gasteiger partial charge in [-0.3, -0.25) is 0 Å². The molecule has 2 aromatic heterocycles. The number of hydrogen-bond acceptors (Lipinski definition) is 2. The van der Waals surface area contributed by atoms with Gasteiger partial charge in [0.2, 0.25) is 0 Å². The Morgan fingerprint density at radius 1 is 0.382 bits per heavy atom. The summed E-state index contributed by atoms with van der Waals surface area (Å²) >= 11 is 0. The fraction of sp³-hybridized carbons (Fsp3) is 0.0189. The lowest BCUT2D eigenvalue weighted by Crippen LogP contribution is -1.95. The molecule has 2 heterocycles. The first kappa shape index (κ1) is 34.9. The smallest absolute Gasteiger partial charge is 0.0715 e. The quantitative estimate of drug-likeness (QED) is 0.132. The van der Waals surface area contributed by atoms with E-state index >= 15 is 0 Å². The van der Waals surface area contributed by atoms with Crippen molar-refractivity contribution in [3.63, 3.8) is 0 Å². The number of allylic oxidation sites excluding steroid dienone is 5. The van der Waals surface area contributed by atoms with Crippen molar-refractivity contribution in [3.8, 4) is 78.3 Å². The maximum absolute atomic E-state index is 5.24. The Labute approximate surface area is 324 Å². The third-order valence-corrected chi connectivity index (χ3v) is 9.76. The molecule has 0 saturated carbocycles. The number of benzene rings is 6. The molecule has 8 aromatic rings. The minimum atomic E-state index is 0.883. The normalized spacial score (nSPS) is 11.5. The van der Waals surface area contributed by atoms with Gasteiger partial charge in [0.15, 0.2) is 0 Å². The van der Waals surface area contributed by atoms with Gasteiger partial charge in [0.25, 0.3) is 0 Å². The molecule has 0 saturated heterocycles. The van der Waals surface area contributed by atoms with E-state index in [2.05, 4.69) is 183 Å². The van der Waals surface area contributed by atoms with Gasteiger partial charge in [-0.1, -0.05) is 189 Å². The van der Waals surface area contributed by atoms with Crippen LogP contribution in [0, 0.1) is 0 Å². The van der Waals surface area contributed by atoms with Crippen LogP contribution in [0.5, 0.6) is 0 Å². The third-order valence-electron chi connectivity index (χ3n) is 9.76. The van der Waals surface area contributed by atoms with Gasteiger partial charge in [-0.05, 0) is 87.3 Å². The van der Waals surface area contributed by atoms with Crippen LogP contribution in [0.1, 0.15) is 12.6 Å². The second-order valence-electron chi connectivity index (χ2n) is 13.4. The van der Waals surface area contributed by atoms with Crippen molar-refractivity contribution >= 4 is 5.57 Å². The summed E-state index contributed by atoms with van der Waals surface area (Å²) in [6, 6.07) is 66.3. The largest absolute Gasteiger partial charge is 0.248 e. The summed E-state index contributed by atoms with van der Waals surface area (Å²) < 4.78 is 0. The predicted octanol–water partition coefficient (Wildman–Crippen LogP) is 14.3. The summed E-state index contributed by atoms with van der Waals surface area (Å²) in [6.45, 7) is 6.01. The van der Waals surface area contributed by atoms with Crippen LogP contribution in [-0.2, 0) is 0 Å². The van der Waals surface area contributed by atoms with Crippen molar-refractivity contribution in [1.29, 1.82) is 0 Å². The van der Waals surface area contributed by atoms with Gasteiger partial charge in [0.1, 0.15) is 0 Å². The minimum absolute atomic E-state index is 0.883. The highest BCUT2D eigenvalue weighted by Crippen LogP contribution is 2.35. The first-order chi connectivity index (χ1) is 27.1. The molecule has 55 heavy (non-hydrogen) atoms. The molecule has 0 radical (unpaired) electrons. The average Bonchev–Trinajstić information content (AvgIpc) is 3.27. The van der Waals surface area contributed by atoms with Crippen LogP contribution in [0.4, 0.5) is 0 Å². The fourth-order valence-electron chi connectivity index (χ4n) is 6.94. The first-order valence-corrected chi connectivity index (χ1v) is 18.6. The van der Waals surface area contributed by atoms with E-state index in [9.17, 15) is 0 Å². The second kappa shape index (κ2) is 16.2. The second-order valence-corrected chi connectivity index (χ2v) is 13.4. The summed E-state index contributed by atoms with van der Waals surface area (Å²) in [7, 11) is 0. The monoisotopic (exact) mass is 704 g/mol. The lowest BCUT2D eigenvalue weighted by atomic mass is 9.96. The highest BCUT2D eigenvalue weighted by atomic mass is 14.7. The molecule has 0 fully saturated rings. The van der Waals surface area contributed by atoms with Crippen LogP contribution in [0.25, 0.3) is 83.9 Å². The van der Waals surface area contributed by atoms with E-state index in [4.69, 9.17) is 9.97 Å². The Kier molecular flexibility index (Phi) is 10.3. The van der Waals surface area contributed by atoms with Gasteiger partial charge < -0.3 is 0 Å². The summed E-state index contributed by atoms with van der Waals surface area (Å²) in [6.07, 6.45) is 7.95. The van der Waals surface area contributed by atoms with Gasteiger partial charge >= 0.3 is 0 Å². The lowest BCUT2D eigenvalue weighted by molar-refractivity contribution is 1.28. The summed E-state index contributed by atoms with van der Waals surface area (Å²) in [5, 5.41) is 0. The molecule has 0 amide bonds. The van der Waals surface area contributed by atoms with Crippen molar-refractivity contribution in [2.75, 3.05) is 0 Å². The van der Waals surface area contributed by atoms with Crippen LogP contribution in [0.15, 0.2) is 219 Å². The van der Waals surface area contributed by atoms with Crippen molar-refractivity contribution in [2.45, 2.75) is 6.92 Å². The molecule has 2 heteroatoms. The molecule has 2 nitrogen and oxygen atoms in total. The van der Waals surface area contributed by atoms with E-state index in [-0.39, 0.29) is 0 Å². The zero-order chi connectivity index (χ0) is 37.4. The zero-order valence-electron chi connectivity index (χ0n) is 30.8. The molecule has 0 aliphatic carbocycles. The van der Waals surface area contributed by atoms with Gasteiger partial charge in [-0.2, -0.15) is 0 Å². The molecule has 0 bridgehead atoms. The lowest BCUT2D eigenvalue weighted by Gasteiger charge is -2.13. The Hall–Kier alpha value is -7.16. The van der Waals surface area contributed by atoms with E-state index in [0.29, 0.717) is 0 Å². The zero-order valence-corrected chi connectivity index (χ0v) is 30.8. The van der Waals surface area contributed by atoms with Crippen molar-refractivity contribution in [3.05, 3.63) is 225 Å². The molecule has 262 valence electrons. The standard InChI is InChI=1S/C53H40N2/c1-3-15-44(16-4-2)50-34-48(42-29-25-40(26-30-42)38-17-8-5-9-18-38)36-52(54-50)46-23-14-24-47(33-46)53-37-49(35-51(55-53)45-21-12-7-13-22-45)43-31-27-41(28-32-43)39-19-10-6-11-20-39/h3-37H,1H2,2H3/b16-4-,44-15+. The van der Waals surface area contributed by atoms with E-state index in [1.807, 2.05) is 43.4 Å². The molecule has 0 unspecified atom stereocenters. The minimum Gasteiger partial charge on any atom is -0.248 e. The molecule has 8 rings (SSSR count). The molecule has 0 aliphatic heterocycles. The van der Waals surface area contributed by atoms with E-state index in [1.165, 1.54) is 22.3 Å². The Bertz CT molecular complexity index is 2620. The van der Waals surface area contributed by atoms with Gasteiger partial charge in [-0.15, -0.1) is 0 Å². The van der Waals surface area contributed by atoms with Crippen LogP contribution in [0.2, 0.25) is 0 Å². The van der Waals surface area contributed by atoms with E-state index < -0.39 is 0 Å². The first-order valence-electron chi connectivity index (χ1n) is 18.6. The maximum Gasteiger partial charge on any atom is 0.0715 e. The predicted molar refractivity (Wildman–Crippen MR) is 233 cm³/mol. The highest BCUT2D eigenvalue weighted by molar-refractivity contribution is 5.83. The van der Waals surface area contributed by atoms with Crippen molar-refractivity contribution < 1.29 is 0 Å². The van der Waals surface area contributed by atoms with Gasteiger partial charge in [-0.25, -0.2) is 9.97 Å². The van der Waals surface area contributed by atoms with Crippen molar-refractivity contribution in [2.24, 2.45) is 0 Å². The van der Waals surface area contributed by atoms with Crippen LogP contribution >= 0.6 is 0 Å². The van der Waals surface area contributed by atoms with Crippen LogP contribution in [0.3, 0.4) is 0 Å². The summed E-state index contributed by atoms with van der Waals surface area (Å²) in [5.41, 5.74) is 17.0. The topological polar surface area (TPSA) is 25.8 Å². The Morgan fingerprint density at radius 3 is 1.24 bits per heavy atom. The third kappa shape index (κ3) is 7.95. The number of aromatic nitrogens is 2. The molecular weight excluding hydrogens is 665 g/mol. The van der Waals surface area contributed by atoms with Gasteiger partial charge in [0, 0.05) is 16.7 Å². The number of pyridine rings is 2. The van der Waals surface area contributed by atoms with Crippen LogP contribution in [-0.4, -0.2) is 9.97 Å². The number of rotatable bonds is 10. The average molecular weight is 705 g/mol. The molecule has 0 N–H and O–H groups in total. The Morgan fingerprint density at radius 2 is 0.764 bits per heavy atom. The molecule has 6 aromatic carbocycles. The van der Waals surface area contributed by atoms with E-state index in [1.54, 1.807) is 0 Å². The number of nitrogens with zero attached hydrogens (tertiary/aromatic N) is 2. The maximum atomic E-state index is 5.24. The summed E-state index contributed by atoms with van der Waals surface area (Å²) in [5.74, 6) is 0. The Balaban J connectivity index is 1.22.